The third-order valence-electron chi connectivity index (χ3n) is 4.09. The molecule has 1 amide bonds. The molecule has 0 saturated carbocycles. The number of benzene rings is 3. The van der Waals surface area contributed by atoms with E-state index in [0.29, 0.717) is 12.1 Å². The van der Waals surface area contributed by atoms with Gasteiger partial charge in [-0.25, -0.2) is 0 Å². The number of aliphatic hydroxyl groups excluding tert-OH is 1. The van der Waals surface area contributed by atoms with Crippen LogP contribution in [0.2, 0.25) is 0 Å². The van der Waals surface area contributed by atoms with Crippen molar-refractivity contribution in [2.75, 3.05) is 5.32 Å². The molecule has 0 heterocycles. The van der Waals surface area contributed by atoms with Gasteiger partial charge in [-0.05, 0) is 42.3 Å². The van der Waals surface area contributed by atoms with Gasteiger partial charge >= 0.3 is 0 Å². The Balaban J connectivity index is 1.88. The Labute approximate surface area is 142 Å². The van der Waals surface area contributed by atoms with Crippen molar-refractivity contribution in [2.45, 2.75) is 26.4 Å². The van der Waals surface area contributed by atoms with E-state index in [2.05, 4.69) is 5.32 Å². The molecule has 3 nitrogen and oxygen atoms in total. The zero-order chi connectivity index (χ0) is 17.1. The van der Waals surface area contributed by atoms with Crippen molar-refractivity contribution in [2.24, 2.45) is 0 Å². The number of hydrogen-bond acceptors (Lipinski definition) is 2. The number of aliphatic hydroxyl groups is 1. The van der Waals surface area contributed by atoms with Crippen LogP contribution < -0.4 is 5.32 Å². The summed E-state index contributed by atoms with van der Waals surface area (Å²) in [4.78, 5) is 12.4. The van der Waals surface area contributed by atoms with Crippen molar-refractivity contribution in [3.8, 4) is 0 Å². The number of aryl methyl sites for hydroxylation is 1. The maximum Gasteiger partial charge on any atom is 0.228 e. The number of fused-ring (bicyclic) bond motifs is 1. The van der Waals surface area contributed by atoms with Gasteiger partial charge < -0.3 is 10.4 Å². The number of nitrogens with one attached hydrogen (secondary N) is 1. The smallest absolute Gasteiger partial charge is 0.228 e. The van der Waals surface area contributed by atoms with E-state index in [-0.39, 0.29) is 5.91 Å². The molecule has 3 heteroatoms. The molecule has 122 valence electrons. The zero-order valence-corrected chi connectivity index (χ0v) is 13.9. The quantitative estimate of drug-likeness (QED) is 0.749. The molecular weight excluding hydrogens is 298 g/mol. The molecule has 1 atom stereocenters. The predicted molar refractivity (Wildman–Crippen MR) is 98.1 cm³/mol. The summed E-state index contributed by atoms with van der Waals surface area (Å²) in [6, 6.07) is 19.7. The summed E-state index contributed by atoms with van der Waals surface area (Å²) in [6.45, 7) is 3.72. The molecule has 0 spiro atoms. The SMILES string of the molecule is Cc1cccc(CC(=O)Nc2cc3ccccc3cc2C(C)O)c1. The highest BCUT2D eigenvalue weighted by molar-refractivity contribution is 5.96. The van der Waals surface area contributed by atoms with Gasteiger partial charge in [0.25, 0.3) is 0 Å². The van der Waals surface area contributed by atoms with Crippen LogP contribution in [0.1, 0.15) is 29.7 Å². The fourth-order valence-electron chi connectivity index (χ4n) is 2.91. The van der Waals surface area contributed by atoms with Crippen LogP contribution in [0.4, 0.5) is 5.69 Å². The molecule has 0 aliphatic heterocycles. The van der Waals surface area contributed by atoms with Crippen LogP contribution in [0.15, 0.2) is 60.7 Å². The monoisotopic (exact) mass is 319 g/mol. The molecular formula is C21H21NO2. The number of rotatable bonds is 4. The molecule has 3 rings (SSSR count). The minimum absolute atomic E-state index is 0.0854. The average Bonchev–Trinajstić information content (AvgIpc) is 2.54. The summed E-state index contributed by atoms with van der Waals surface area (Å²) >= 11 is 0. The first kappa shape index (κ1) is 16.2. The maximum atomic E-state index is 12.4. The lowest BCUT2D eigenvalue weighted by Gasteiger charge is -2.15. The second-order valence-corrected chi connectivity index (χ2v) is 6.18. The van der Waals surface area contributed by atoms with Crippen molar-refractivity contribution < 1.29 is 9.90 Å². The molecule has 0 bridgehead atoms. The van der Waals surface area contributed by atoms with Crippen molar-refractivity contribution in [3.63, 3.8) is 0 Å². The summed E-state index contributed by atoms with van der Waals surface area (Å²) in [5.41, 5.74) is 3.51. The Hall–Kier alpha value is -2.65. The summed E-state index contributed by atoms with van der Waals surface area (Å²) in [5.74, 6) is -0.0854. The second-order valence-electron chi connectivity index (χ2n) is 6.18. The normalized spacial score (nSPS) is 12.1. The molecule has 0 saturated heterocycles. The van der Waals surface area contributed by atoms with Crippen LogP contribution >= 0.6 is 0 Å². The Morgan fingerprint density at radius 2 is 1.75 bits per heavy atom. The standard InChI is InChI=1S/C21H21NO2/c1-14-6-5-7-16(10-14)11-21(24)22-20-13-18-9-4-3-8-17(18)12-19(20)15(2)23/h3-10,12-13,15,23H,11H2,1-2H3,(H,22,24). The highest BCUT2D eigenvalue weighted by Gasteiger charge is 2.13. The van der Waals surface area contributed by atoms with E-state index in [1.807, 2.05) is 67.6 Å². The summed E-state index contributed by atoms with van der Waals surface area (Å²) in [7, 11) is 0. The van der Waals surface area contributed by atoms with Crippen LogP contribution in [0.5, 0.6) is 0 Å². The van der Waals surface area contributed by atoms with E-state index in [4.69, 9.17) is 0 Å². The molecule has 0 radical (unpaired) electrons. The molecule has 0 aliphatic rings. The van der Waals surface area contributed by atoms with Gasteiger partial charge in [0.1, 0.15) is 0 Å². The van der Waals surface area contributed by atoms with E-state index in [1.54, 1.807) is 6.92 Å². The second kappa shape index (κ2) is 6.85. The minimum Gasteiger partial charge on any atom is -0.389 e. The van der Waals surface area contributed by atoms with Gasteiger partial charge in [-0.15, -0.1) is 0 Å². The van der Waals surface area contributed by atoms with E-state index in [9.17, 15) is 9.90 Å². The first-order chi connectivity index (χ1) is 11.5. The highest BCUT2D eigenvalue weighted by Crippen LogP contribution is 2.29. The average molecular weight is 319 g/mol. The molecule has 1 unspecified atom stereocenters. The lowest BCUT2D eigenvalue weighted by molar-refractivity contribution is -0.115. The zero-order valence-electron chi connectivity index (χ0n) is 13.9. The van der Waals surface area contributed by atoms with Gasteiger partial charge in [-0.1, -0.05) is 54.1 Å². The van der Waals surface area contributed by atoms with Gasteiger partial charge in [-0.3, -0.25) is 4.79 Å². The van der Waals surface area contributed by atoms with Crippen molar-refractivity contribution in [3.05, 3.63) is 77.4 Å². The lowest BCUT2D eigenvalue weighted by atomic mass is 10.0. The van der Waals surface area contributed by atoms with Crippen LogP contribution in [-0.4, -0.2) is 11.0 Å². The molecule has 24 heavy (non-hydrogen) atoms. The number of carbonyl (C=O) groups excluding carboxylic acids is 1. The third kappa shape index (κ3) is 3.63. The Morgan fingerprint density at radius 3 is 2.42 bits per heavy atom. The molecule has 2 N–H and O–H groups in total. The van der Waals surface area contributed by atoms with E-state index in [1.165, 1.54) is 0 Å². The minimum atomic E-state index is -0.649. The van der Waals surface area contributed by atoms with E-state index < -0.39 is 6.10 Å². The van der Waals surface area contributed by atoms with E-state index >= 15 is 0 Å². The number of hydrogen-bond donors (Lipinski definition) is 2. The fraction of sp³-hybridized carbons (Fsp3) is 0.190. The van der Waals surface area contributed by atoms with Gasteiger partial charge in [0.15, 0.2) is 0 Å². The van der Waals surface area contributed by atoms with Crippen molar-refractivity contribution in [1.82, 2.24) is 0 Å². The third-order valence-corrected chi connectivity index (χ3v) is 4.09. The molecule has 3 aromatic rings. The largest absolute Gasteiger partial charge is 0.389 e. The van der Waals surface area contributed by atoms with Crippen LogP contribution in [-0.2, 0) is 11.2 Å². The molecule has 0 aromatic heterocycles. The van der Waals surface area contributed by atoms with Gasteiger partial charge in [0, 0.05) is 11.3 Å². The summed E-state index contributed by atoms with van der Waals surface area (Å²) in [6.07, 6.45) is -0.336. The topological polar surface area (TPSA) is 49.3 Å². The van der Waals surface area contributed by atoms with Crippen molar-refractivity contribution >= 4 is 22.4 Å². The van der Waals surface area contributed by atoms with Crippen LogP contribution in [0, 0.1) is 6.92 Å². The van der Waals surface area contributed by atoms with Gasteiger partial charge in [0.05, 0.1) is 12.5 Å². The number of anilines is 1. The number of carbonyl (C=O) groups is 1. The molecule has 3 aromatic carbocycles. The van der Waals surface area contributed by atoms with Gasteiger partial charge in [0.2, 0.25) is 5.91 Å². The van der Waals surface area contributed by atoms with E-state index in [0.717, 1.165) is 27.5 Å². The van der Waals surface area contributed by atoms with Crippen LogP contribution in [0.25, 0.3) is 10.8 Å². The Morgan fingerprint density at radius 1 is 1.04 bits per heavy atom. The predicted octanol–water partition coefficient (Wildman–Crippen LogP) is 4.38. The molecule has 0 fully saturated rings. The first-order valence-electron chi connectivity index (χ1n) is 8.09. The summed E-state index contributed by atoms with van der Waals surface area (Å²) in [5, 5.41) is 15.1. The Kier molecular flexibility index (Phi) is 4.63. The van der Waals surface area contributed by atoms with Crippen molar-refractivity contribution in [1.29, 1.82) is 0 Å². The maximum absolute atomic E-state index is 12.4. The summed E-state index contributed by atoms with van der Waals surface area (Å²) < 4.78 is 0. The number of amides is 1. The highest BCUT2D eigenvalue weighted by atomic mass is 16.3. The van der Waals surface area contributed by atoms with Crippen LogP contribution in [0.3, 0.4) is 0 Å². The first-order valence-corrected chi connectivity index (χ1v) is 8.09. The fourth-order valence-corrected chi connectivity index (χ4v) is 2.91. The Bertz CT molecular complexity index is 884. The van der Waals surface area contributed by atoms with Gasteiger partial charge in [-0.2, -0.15) is 0 Å². The lowest BCUT2D eigenvalue weighted by Crippen LogP contribution is -2.16. The molecule has 0 aliphatic carbocycles.